The lowest BCUT2D eigenvalue weighted by Gasteiger charge is -2.36. The van der Waals surface area contributed by atoms with Crippen molar-refractivity contribution in [3.05, 3.63) is 30.0 Å². The van der Waals surface area contributed by atoms with Crippen molar-refractivity contribution >= 4 is 19.2 Å². The molecule has 0 aliphatic carbocycles. The predicted octanol–water partition coefficient (Wildman–Crippen LogP) is 4.54. The van der Waals surface area contributed by atoms with Crippen LogP contribution in [-0.4, -0.2) is 26.6 Å². The minimum atomic E-state index is -1.74. The van der Waals surface area contributed by atoms with Gasteiger partial charge < -0.3 is 13.7 Å². The van der Waals surface area contributed by atoms with Crippen LogP contribution in [0.3, 0.4) is 0 Å². The van der Waals surface area contributed by atoms with E-state index in [2.05, 4.69) is 44.5 Å². The Bertz CT molecular complexity index is 736. The van der Waals surface area contributed by atoms with Crippen LogP contribution in [0.5, 0.6) is 5.75 Å². The summed E-state index contributed by atoms with van der Waals surface area (Å²) in [6, 6.07) is 8.11. The van der Waals surface area contributed by atoms with E-state index in [1.54, 1.807) is 7.11 Å². The third-order valence-electron chi connectivity index (χ3n) is 4.81. The Kier molecular flexibility index (Phi) is 4.88. The fourth-order valence-electron chi connectivity index (χ4n) is 2.29. The van der Waals surface area contributed by atoms with Crippen molar-refractivity contribution in [2.75, 3.05) is 13.7 Å². The molecule has 2 aromatic rings. The zero-order valence-corrected chi connectivity index (χ0v) is 15.9. The summed E-state index contributed by atoms with van der Waals surface area (Å²) in [6.07, 6.45) is 1.90. The molecule has 2 rings (SSSR count). The fourth-order valence-corrected chi connectivity index (χ4v) is 3.33. The largest absolute Gasteiger partial charge is 0.497 e. The van der Waals surface area contributed by atoms with Crippen LogP contribution in [0, 0.1) is 11.3 Å². The second kappa shape index (κ2) is 6.38. The molecule has 0 aliphatic heterocycles. The second-order valence-corrected chi connectivity index (χ2v) is 12.1. The van der Waals surface area contributed by atoms with Gasteiger partial charge in [0.2, 0.25) is 0 Å². The number of benzene rings is 1. The number of aromatic nitrogens is 1. The third-order valence-corrected chi connectivity index (χ3v) is 9.35. The van der Waals surface area contributed by atoms with Crippen molar-refractivity contribution in [1.82, 2.24) is 4.57 Å². The molecule has 0 amide bonds. The number of fused-ring (bicyclic) bond motifs is 1. The van der Waals surface area contributed by atoms with E-state index in [9.17, 15) is 5.26 Å². The number of hydrogen-bond donors (Lipinski definition) is 0. The SMILES string of the molecule is COc1ccc2c(c1)c(C#N)cn2CCO[Si](C)(C)C(C)(C)C. The molecule has 0 fully saturated rings. The zero-order chi connectivity index (χ0) is 17.3. The molecule has 1 heterocycles. The monoisotopic (exact) mass is 330 g/mol. The fraction of sp³-hybridized carbons (Fsp3) is 0.500. The first kappa shape index (κ1) is 17.6. The number of methoxy groups -OCH3 is 1. The first-order chi connectivity index (χ1) is 10.7. The van der Waals surface area contributed by atoms with Gasteiger partial charge in [-0.1, -0.05) is 20.8 Å². The van der Waals surface area contributed by atoms with Gasteiger partial charge in [-0.3, -0.25) is 0 Å². The molecule has 0 unspecified atom stereocenters. The molecule has 0 saturated heterocycles. The normalized spacial score (nSPS) is 12.4. The molecule has 0 spiro atoms. The van der Waals surface area contributed by atoms with Crippen molar-refractivity contribution in [2.45, 2.75) is 45.4 Å². The molecule has 1 aromatic carbocycles. The average Bonchev–Trinajstić information content (AvgIpc) is 2.83. The van der Waals surface area contributed by atoms with Crippen molar-refractivity contribution in [1.29, 1.82) is 5.26 Å². The van der Waals surface area contributed by atoms with Crippen LogP contribution in [0.2, 0.25) is 18.1 Å². The van der Waals surface area contributed by atoms with Gasteiger partial charge in [-0.05, 0) is 36.3 Å². The maximum absolute atomic E-state index is 9.35. The van der Waals surface area contributed by atoms with Gasteiger partial charge in [-0.25, -0.2) is 0 Å². The predicted molar refractivity (Wildman–Crippen MR) is 96.4 cm³/mol. The van der Waals surface area contributed by atoms with Crippen molar-refractivity contribution < 1.29 is 9.16 Å². The van der Waals surface area contributed by atoms with Gasteiger partial charge in [0, 0.05) is 23.6 Å². The lowest BCUT2D eigenvalue weighted by atomic mass is 10.2. The van der Waals surface area contributed by atoms with Gasteiger partial charge in [0.1, 0.15) is 11.8 Å². The molecular weight excluding hydrogens is 304 g/mol. The van der Waals surface area contributed by atoms with Crippen LogP contribution in [0.1, 0.15) is 26.3 Å². The van der Waals surface area contributed by atoms with Crippen LogP contribution in [0.15, 0.2) is 24.4 Å². The maximum atomic E-state index is 9.35. The van der Waals surface area contributed by atoms with Crippen molar-refractivity contribution in [2.24, 2.45) is 0 Å². The summed E-state index contributed by atoms with van der Waals surface area (Å²) < 4.78 is 13.6. The molecule has 0 radical (unpaired) electrons. The highest BCUT2D eigenvalue weighted by Gasteiger charge is 2.36. The lowest BCUT2D eigenvalue weighted by molar-refractivity contribution is 0.273. The summed E-state index contributed by atoms with van der Waals surface area (Å²) in [4.78, 5) is 0. The second-order valence-electron chi connectivity index (χ2n) is 7.34. The first-order valence-electron chi connectivity index (χ1n) is 7.90. The number of hydrogen-bond acceptors (Lipinski definition) is 3. The minimum Gasteiger partial charge on any atom is -0.497 e. The summed E-state index contributed by atoms with van der Waals surface area (Å²) in [5.74, 6) is 0.768. The highest BCUT2D eigenvalue weighted by molar-refractivity contribution is 6.74. The van der Waals surface area contributed by atoms with Gasteiger partial charge in [-0.2, -0.15) is 5.26 Å². The quantitative estimate of drug-likeness (QED) is 0.756. The first-order valence-corrected chi connectivity index (χ1v) is 10.8. The number of nitriles is 1. The maximum Gasteiger partial charge on any atom is 0.192 e. The summed E-state index contributed by atoms with van der Waals surface area (Å²) in [7, 11) is -0.105. The summed E-state index contributed by atoms with van der Waals surface area (Å²) in [5.41, 5.74) is 1.72. The van der Waals surface area contributed by atoms with E-state index >= 15 is 0 Å². The van der Waals surface area contributed by atoms with Crippen molar-refractivity contribution in [3.8, 4) is 11.8 Å². The summed E-state index contributed by atoms with van der Waals surface area (Å²) in [5, 5.41) is 10.5. The van der Waals surface area contributed by atoms with Gasteiger partial charge in [-0.15, -0.1) is 0 Å². The smallest absolute Gasteiger partial charge is 0.192 e. The standard InChI is InChI=1S/C18H26N2O2Si/c1-18(2,3)23(5,6)22-10-9-20-13-14(12-19)16-11-15(21-4)7-8-17(16)20/h7-8,11,13H,9-10H2,1-6H3. The van der Waals surface area contributed by atoms with Crippen LogP contribution in [-0.2, 0) is 11.0 Å². The van der Waals surface area contributed by atoms with E-state index in [-0.39, 0.29) is 5.04 Å². The van der Waals surface area contributed by atoms with E-state index < -0.39 is 8.32 Å². The van der Waals surface area contributed by atoms with Crippen molar-refractivity contribution in [3.63, 3.8) is 0 Å². The van der Waals surface area contributed by atoms with Gasteiger partial charge in [0.15, 0.2) is 8.32 Å². The molecule has 124 valence electrons. The Labute approximate surface area is 139 Å². The van der Waals surface area contributed by atoms with E-state index in [1.807, 2.05) is 24.4 Å². The number of ether oxygens (including phenoxy) is 1. The van der Waals surface area contributed by atoms with E-state index in [0.717, 1.165) is 23.2 Å². The molecule has 0 saturated carbocycles. The Morgan fingerprint density at radius 1 is 1.26 bits per heavy atom. The number of rotatable bonds is 5. The van der Waals surface area contributed by atoms with Gasteiger partial charge in [0.25, 0.3) is 0 Å². The molecule has 0 bridgehead atoms. The third kappa shape index (κ3) is 3.60. The van der Waals surface area contributed by atoms with E-state index in [0.29, 0.717) is 12.2 Å². The summed E-state index contributed by atoms with van der Waals surface area (Å²) in [6.45, 7) is 12.6. The molecule has 0 N–H and O–H groups in total. The zero-order valence-electron chi connectivity index (χ0n) is 14.9. The molecule has 0 aliphatic rings. The topological polar surface area (TPSA) is 47.2 Å². The van der Waals surface area contributed by atoms with Crippen LogP contribution in [0.25, 0.3) is 10.9 Å². The highest BCUT2D eigenvalue weighted by Crippen LogP contribution is 2.36. The van der Waals surface area contributed by atoms with Gasteiger partial charge >= 0.3 is 0 Å². The van der Waals surface area contributed by atoms with E-state index in [1.165, 1.54) is 0 Å². The van der Waals surface area contributed by atoms with Gasteiger partial charge in [0.05, 0.1) is 19.3 Å². The Hall–Kier alpha value is -1.77. The van der Waals surface area contributed by atoms with Crippen LogP contribution in [0.4, 0.5) is 0 Å². The molecule has 1 aromatic heterocycles. The molecule has 4 nitrogen and oxygen atoms in total. The molecule has 5 heteroatoms. The summed E-state index contributed by atoms with van der Waals surface area (Å²) >= 11 is 0. The molecular formula is C18H26N2O2Si. The minimum absolute atomic E-state index is 0.205. The average molecular weight is 331 g/mol. The molecule has 0 atom stereocenters. The molecule has 23 heavy (non-hydrogen) atoms. The number of nitrogens with zero attached hydrogens (tertiary/aromatic N) is 2. The lowest BCUT2D eigenvalue weighted by Crippen LogP contribution is -2.41. The van der Waals surface area contributed by atoms with Crippen LogP contribution >= 0.6 is 0 Å². The Morgan fingerprint density at radius 3 is 2.52 bits per heavy atom. The highest BCUT2D eigenvalue weighted by atomic mass is 28.4. The Morgan fingerprint density at radius 2 is 1.96 bits per heavy atom. The van der Waals surface area contributed by atoms with E-state index in [4.69, 9.17) is 9.16 Å². The van der Waals surface area contributed by atoms with Crippen LogP contribution < -0.4 is 4.74 Å². The Balaban J connectivity index is 2.20.